The molecule has 0 aliphatic heterocycles. The third-order valence-electron chi connectivity index (χ3n) is 3.59. The maximum atomic E-state index is 11.9. The Kier molecular flexibility index (Phi) is 6.14. The van der Waals surface area contributed by atoms with E-state index in [0.29, 0.717) is 34.6 Å². The summed E-state index contributed by atoms with van der Waals surface area (Å²) in [6.45, 7) is 2.74. The summed E-state index contributed by atoms with van der Waals surface area (Å²) in [7, 11) is 0. The third kappa shape index (κ3) is 4.36. The molecule has 4 nitrogen and oxygen atoms in total. The molecule has 1 N–H and O–H groups in total. The molecule has 3 aromatic rings. The van der Waals surface area contributed by atoms with E-state index in [-0.39, 0.29) is 5.91 Å². The second-order valence-corrected chi connectivity index (χ2v) is 7.12. The average molecular weight is 407 g/mol. The minimum Gasteiger partial charge on any atom is -0.488 e. The molecule has 0 aliphatic carbocycles. The van der Waals surface area contributed by atoms with E-state index in [2.05, 4.69) is 10.3 Å². The Morgan fingerprint density at radius 1 is 1.23 bits per heavy atom. The van der Waals surface area contributed by atoms with Gasteiger partial charge in [-0.2, -0.15) is 0 Å². The topological polar surface area (TPSA) is 51.2 Å². The van der Waals surface area contributed by atoms with E-state index in [1.165, 1.54) is 11.3 Å². The van der Waals surface area contributed by atoms with Crippen molar-refractivity contribution in [2.45, 2.75) is 13.5 Å². The maximum Gasteiger partial charge on any atom is 0.270 e. The number of amides is 1. The van der Waals surface area contributed by atoms with Gasteiger partial charge in [0.25, 0.3) is 5.91 Å². The van der Waals surface area contributed by atoms with E-state index >= 15 is 0 Å². The lowest BCUT2D eigenvalue weighted by Crippen LogP contribution is -2.22. The molecule has 0 bridgehead atoms. The van der Waals surface area contributed by atoms with E-state index < -0.39 is 0 Å². The molecule has 0 fully saturated rings. The number of nitrogens with zero attached hydrogens (tertiary/aromatic N) is 1. The monoisotopic (exact) mass is 406 g/mol. The average Bonchev–Trinajstić information content (AvgIpc) is 3.11. The first-order valence-electron chi connectivity index (χ1n) is 7.98. The highest BCUT2D eigenvalue weighted by Crippen LogP contribution is 2.33. The lowest BCUT2D eigenvalue weighted by Gasteiger charge is -2.11. The number of para-hydroxylation sites is 1. The van der Waals surface area contributed by atoms with Gasteiger partial charge in [0.05, 0.1) is 5.56 Å². The van der Waals surface area contributed by atoms with Crippen molar-refractivity contribution in [1.29, 1.82) is 0 Å². The van der Waals surface area contributed by atoms with Gasteiger partial charge in [0.1, 0.15) is 23.1 Å². The summed E-state index contributed by atoms with van der Waals surface area (Å²) in [4.78, 5) is 16.4. The summed E-state index contributed by atoms with van der Waals surface area (Å²) in [5.74, 6) is 0.497. The van der Waals surface area contributed by atoms with Crippen LogP contribution in [-0.4, -0.2) is 17.4 Å². The number of benzene rings is 2. The maximum absolute atomic E-state index is 11.9. The molecule has 1 amide bonds. The van der Waals surface area contributed by atoms with Crippen molar-refractivity contribution < 1.29 is 9.53 Å². The summed E-state index contributed by atoms with van der Waals surface area (Å²) in [5.41, 5.74) is 2.08. The van der Waals surface area contributed by atoms with Gasteiger partial charge in [-0.1, -0.05) is 41.4 Å². The van der Waals surface area contributed by atoms with Crippen molar-refractivity contribution in [3.8, 4) is 16.3 Å². The quantitative estimate of drug-likeness (QED) is 0.592. The van der Waals surface area contributed by atoms with Crippen LogP contribution in [0, 0.1) is 0 Å². The molecule has 26 heavy (non-hydrogen) atoms. The van der Waals surface area contributed by atoms with Crippen molar-refractivity contribution in [2.75, 3.05) is 6.54 Å². The highest BCUT2D eigenvalue weighted by atomic mass is 35.5. The summed E-state index contributed by atoms with van der Waals surface area (Å²) in [6.07, 6.45) is 0. The van der Waals surface area contributed by atoms with Crippen LogP contribution in [0.4, 0.5) is 0 Å². The molecule has 0 atom stereocenters. The summed E-state index contributed by atoms with van der Waals surface area (Å²) in [6, 6.07) is 12.9. The van der Waals surface area contributed by atoms with Gasteiger partial charge in [-0.05, 0) is 31.2 Å². The van der Waals surface area contributed by atoms with Crippen molar-refractivity contribution in [2.24, 2.45) is 0 Å². The van der Waals surface area contributed by atoms with Crippen LogP contribution in [0.5, 0.6) is 5.75 Å². The molecule has 0 unspecified atom stereocenters. The van der Waals surface area contributed by atoms with Crippen LogP contribution in [0.3, 0.4) is 0 Å². The molecule has 0 radical (unpaired) electrons. The second-order valence-electron chi connectivity index (χ2n) is 5.42. The van der Waals surface area contributed by atoms with Gasteiger partial charge >= 0.3 is 0 Å². The van der Waals surface area contributed by atoms with Gasteiger partial charge in [0.15, 0.2) is 0 Å². The Balaban J connectivity index is 1.81. The number of hydrogen-bond donors (Lipinski definition) is 1. The van der Waals surface area contributed by atoms with E-state index in [4.69, 9.17) is 27.9 Å². The van der Waals surface area contributed by atoms with Gasteiger partial charge < -0.3 is 10.1 Å². The SMILES string of the molecule is CCNC(=O)c1csc(-c2ccccc2OCc2ccc(Cl)cc2Cl)n1. The van der Waals surface area contributed by atoms with E-state index in [1.807, 2.05) is 37.3 Å². The molecule has 0 saturated heterocycles. The van der Waals surface area contributed by atoms with Crippen LogP contribution in [0.15, 0.2) is 47.8 Å². The zero-order chi connectivity index (χ0) is 18.5. The van der Waals surface area contributed by atoms with Crippen LogP contribution in [0.1, 0.15) is 23.0 Å². The van der Waals surface area contributed by atoms with Gasteiger partial charge in [-0.15, -0.1) is 11.3 Å². The fraction of sp³-hybridized carbons (Fsp3) is 0.158. The number of hydrogen-bond acceptors (Lipinski definition) is 4. The second kappa shape index (κ2) is 8.54. The Bertz CT molecular complexity index is 927. The minimum absolute atomic E-state index is 0.179. The predicted octanol–water partition coefficient (Wildman–Crippen LogP) is 5.45. The molecule has 1 aromatic heterocycles. The first kappa shape index (κ1) is 18.7. The van der Waals surface area contributed by atoms with Gasteiger partial charge in [0.2, 0.25) is 0 Å². The minimum atomic E-state index is -0.179. The largest absolute Gasteiger partial charge is 0.488 e. The van der Waals surface area contributed by atoms with Gasteiger partial charge in [-0.25, -0.2) is 4.98 Å². The Hall–Kier alpha value is -2.08. The van der Waals surface area contributed by atoms with E-state index in [0.717, 1.165) is 16.1 Å². The smallest absolute Gasteiger partial charge is 0.270 e. The summed E-state index contributed by atoms with van der Waals surface area (Å²) >= 11 is 13.5. The molecule has 7 heteroatoms. The number of rotatable bonds is 6. The first-order valence-corrected chi connectivity index (χ1v) is 9.62. The van der Waals surface area contributed by atoms with Crippen LogP contribution in [0.25, 0.3) is 10.6 Å². The number of nitrogens with one attached hydrogen (secondary N) is 1. The number of thiazole rings is 1. The molecule has 0 saturated carbocycles. The number of ether oxygens (including phenoxy) is 1. The molecule has 0 aliphatic rings. The highest BCUT2D eigenvalue weighted by Gasteiger charge is 2.14. The molecule has 3 rings (SSSR count). The summed E-state index contributed by atoms with van der Waals surface area (Å²) in [5, 5.41) is 6.36. The van der Waals surface area contributed by atoms with Crippen LogP contribution in [-0.2, 0) is 6.61 Å². The van der Waals surface area contributed by atoms with Crippen molar-refractivity contribution in [3.05, 3.63) is 69.1 Å². The Morgan fingerprint density at radius 3 is 2.81 bits per heavy atom. The van der Waals surface area contributed by atoms with Crippen LogP contribution in [0.2, 0.25) is 10.0 Å². The van der Waals surface area contributed by atoms with Crippen LogP contribution < -0.4 is 10.1 Å². The van der Waals surface area contributed by atoms with Crippen molar-refractivity contribution in [3.63, 3.8) is 0 Å². The fourth-order valence-corrected chi connectivity index (χ4v) is 3.61. The fourth-order valence-electron chi connectivity index (χ4n) is 2.32. The van der Waals surface area contributed by atoms with E-state index in [9.17, 15) is 4.79 Å². The zero-order valence-corrected chi connectivity index (χ0v) is 16.3. The lowest BCUT2D eigenvalue weighted by molar-refractivity contribution is 0.0951. The van der Waals surface area contributed by atoms with Gasteiger partial charge in [0, 0.05) is 27.5 Å². The zero-order valence-electron chi connectivity index (χ0n) is 14.0. The molecule has 1 heterocycles. The lowest BCUT2D eigenvalue weighted by atomic mass is 10.2. The van der Waals surface area contributed by atoms with Gasteiger partial charge in [-0.3, -0.25) is 4.79 Å². The molecular weight excluding hydrogens is 391 g/mol. The predicted molar refractivity (Wildman–Crippen MR) is 106 cm³/mol. The van der Waals surface area contributed by atoms with Crippen molar-refractivity contribution in [1.82, 2.24) is 10.3 Å². The molecule has 2 aromatic carbocycles. The Morgan fingerprint density at radius 2 is 2.04 bits per heavy atom. The summed E-state index contributed by atoms with van der Waals surface area (Å²) < 4.78 is 5.95. The number of carbonyl (C=O) groups is 1. The number of halogens is 2. The van der Waals surface area contributed by atoms with E-state index in [1.54, 1.807) is 17.5 Å². The Labute approximate surface area is 165 Å². The normalized spacial score (nSPS) is 10.6. The third-order valence-corrected chi connectivity index (χ3v) is 5.05. The molecule has 134 valence electrons. The first-order chi connectivity index (χ1) is 12.6. The number of aromatic nitrogens is 1. The molecule has 0 spiro atoms. The molecular formula is C19H16Cl2N2O2S. The highest BCUT2D eigenvalue weighted by molar-refractivity contribution is 7.13. The van der Waals surface area contributed by atoms with Crippen molar-refractivity contribution >= 4 is 40.4 Å². The van der Waals surface area contributed by atoms with Crippen LogP contribution >= 0.6 is 34.5 Å². The standard InChI is InChI=1S/C19H16Cl2N2O2S/c1-2-22-18(24)16-11-26-19(23-16)14-5-3-4-6-17(14)25-10-12-7-8-13(20)9-15(12)21/h3-9,11H,2,10H2,1H3,(H,22,24). The number of carbonyl (C=O) groups excluding carboxylic acids is 1.